The van der Waals surface area contributed by atoms with Gasteiger partial charge in [-0.05, 0) is 99.4 Å². The molecule has 352 valence electrons. The molecule has 0 bridgehead atoms. The SMILES string of the molecule is CC[C@H]1OC(=O)[C@H](C)C(=O)[C@H](C)[C@@H](O[C@@H]2O[C@H](C)C[C@H](N(C)CC)[C@H]2O)[C@](C)(OC)C[C@@H](C)C(=O)[C@H](C)[C@@H]2N(CCCCn3cnc(-c4cccc(NC(C)C)c4)c3)C(=O)O[C@@]21C. The molecule has 0 radical (unpaired) electrons. The third kappa shape index (κ3) is 11.0. The van der Waals surface area contributed by atoms with Crippen molar-refractivity contribution in [2.24, 2.45) is 23.7 Å². The molecule has 0 spiro atoms. The number of aliphatic hydroxyl groups is 1. The van der Waals surface area contributed by atoms with Crippen molar-refractivity contribution in [2.45, 2.75) is 175 Å². The second-order valence-corrected chi connectivity index (χ2v) is 19.1. The van der Waals surface area contributed by atoms with Crippen molar-refractivity contribution in [3.8, 4) is 11.3 Å². The number of rotatable bonds is 14. The number of benzene rings is 1. The first-order valence-electron chi connectivity index (χ1n) is 23.1. The molecule has 0 unspecified atom stereocenters. The van der Waals surface area contributed by atoms with Gasteiger partial charge in [0.05, 0.1) is 35.9 Å². The lowest BCUT2D eigenvalue weighted by atomic mass is 9.73. The second kappa shape index (κ2) is 21.0. The van der Waals surface area contributed by atoms with Crippen LogP contribution in [0, 0.1) is 23.7 Å². The summed E-state index contributed by atoms with van der Waals surface area (Å²) in [7, 11) is 3.44. The normalized spacial score (nSPS) is 34.8. The molecule has 4 heterocycles. The van der Waals surface area contributed by atoms with Crippen LogP contribution in [0.5, 0.6) is 0 Å². The van der Waals surface area contributed by atoms with Crippen molar-refractivity contribution >= 4 is 29.3 Å². The summed E-state index contributed by atoms with van der Waals surface area (Å²) in [5.74, 6) is -4.95. The number of fused-ring (bicyclic) bond motifs is 1. The number of imidazole rings is 1. The Morgan fingerprint density at radius 3 is 2.37 bits per heavy atom. The first-order chi connectivity index (χ1) is 29.7. The Kier molecular flexibility index (Phi) is 16.7. The number of esters is 1. The zero-order chi connectivity index (χ0) is 46.6. The summed E-state index contributed by atoms with van der Waals surface area (Å²) < 4.78 is 33.5. The number of methoxy groups -OCH3 is 1. The minimum absolute atomic E-state index is 0.130. The Balaban J connectivity index is 1.41. The number of aromatic nitrogens is 2. The molecule has 3 aliphatic rings. The molecule has 2 N–H and O–H groups in total. The van der Waals surface area contributed by atoms with Gasteiger partial charge in [-0.2, -0.15) is 0 Å². The maximum absolute atomic E-state index is 14.8. The fourth-order valence-electron chi connectivity index (χ4n) is 10.2. The monoisotopic (exact) mass is 882 g/mol. The van der Waals surface area contributed by atoms with Gasteiger partial charge >= 0.3 is 12.1 Å². The van der Waals surface area contributed by atoms with Gasteiger partial charge in [0.25, 0.3) is 0 Å². The molecule has 1 aromatic carbocycles. The number of hydrogen-bond donors (Lipinski definition) is 2. The van der Waals surface area contributed by atoms with E-state index in [0.29, 0.717) is 44.9 Å². The van der Waals surface area contributed by atoms with Gasteiger partial charge in [-0.15, -0.1) is 0 Å². The van der Waals surface area contributed by atoms with Crippen LogP contribution in [-0.2, 0) is 44.6 Å². The van der Waals surface area contributed by atoms with Gasteiger partial charge in [-0.1, -0.05) is 46.8 Å². The summed E-state index contributed by atoms with van der Waals surface area (Å²) in [5, 5.41) is 15.0. The number of nitrogens with zero attached hydrogens (tertiary/aromatic N) is 4. The molecule has 1 aromatic heterocycles. The number of hydrogen-bond acceptors (Lipinski definition) is 13. The molecular formula is C48H75N5O10. The van der Waals surface area contributed by atoms with Crippen LogP contribution in [0.15, 0.2) is 36.8 Å². The number of cyclic esters (lactones) is 1. The third-order valence-electron chi connectivity index (χ3n) is 13.9. The minimum atomic E-state index is -1.41. The van der Waals surface area contributed by atoms with Crippen LogP contribution in [0.4, 0.5) is 10.5 Å². The fraction of sp³-hybridized carbons (Fsp3) is 0.729. The molecule has 0 aliphatic carbocycles. The predicted octanol–water partition coefficient (Wildman–Crippen LogP) is 6.74. The molecule has 3 saturated heterocycles. The molecule has 3 aliphatic heterocycles. The number of ether oxygens (including phenoxy) is 5. The molecule has 2 aromatic rings. The van der Waals surface area contributed by atoms with Gasteiger partial charge < -0.3 is 48.5 Å². The van der Waals surface area contributed by atoms with E-state index in [2.05, 4.69) is 30.2 Å². The Morgan fingerprint density at radius 2 is 1.71 bits per heavy atom. The summed E-state index contributed by atoms with van der Waals surface area (Å²) in [6.45, 7) is 21.9. The number of nitrogens with one attached hydrogen (secondary N) is 1. The number of carbonyl (C=O) groups is 4. The van der Waals surface area contributed by atoms with Crippen molar-refractivity contribution in [1.82, 2.24) is 19.4 Å². The Bertz CT molecular complexity index is 1890. The number of Topliss-reactive ketones (excluding diaryl/α,β-unsaturated/α-hetero) is 2. The van der Waals surface area contributed by atoms with Crippen LogP contribution in [0.1, 0.15) is 108 Å². The number of unbranched alkanes of at least 4 members (excludes halogenated alkanes) is 1. The first kappa shape index (κ1) is 50.1. The number of ketones is 2. The van der Waals surface area contributed by atoms with E-state index in [0.717, 1.165) is 16.9 Å². The van der Waals surface area contributed by atoms with Crippen LogP contribution in [0.2, 0.25) is 0 Å². The summed E-state index contributed by atoms with van der Waals surface area (Å²) >= 11 is 0. The van der Waals surface area contributed by atoms with E-state index >= 15 is 0 Å². The smallest absolute Gasteiger partial charge is 0.410 e. The van der Waals surface area contributed by atoms with Gasteiger partial charge in [0.1, 0.15) is 23.9 Å². The van der Waals surface area contributed by atoms with Gasteiger partial charge in [0.2, 0.25) is 0 Å². The van der Waals surface area contributed by atoms with Gasteiger partial charge in [-0.3, -0.25) is 14.4 Å². The molecule has 1 amide bonds. The molecule has 0 saturated carbocycles. The molecule has 15 nitrogen and oxygen atoms in total. The zero-order valence-corrected chi connectivity index (χ0v) is 40.0. The maximum atomic E-state index is 14.8. The van der Waals surface area contributed by atoms with E-state index in [1.807, 2.05) is 74.9 Å². The summed E-state index contributed by atoms with van der Waals surface area (Å²) in [4.78, 5) is 65.5. The van der Waals surface area contributed by atoms with E-state index in [4.69, 9.17) is 23.7 Å². The molecule has 3 fully saturated rings. The van der Waals surface area contributed by atoms with Crippen molar-refractivity contribution in [1.29, 1.82) is 0 Å². The molecular weight excluding hydrogens is 807 g/mol. The highest BCUT2D eigenvalue weighted by Gasteiger charge is 2.60. The van der Waals surface area contributed by atoms with Crippen LogP contribution in [0.25, 0.3) is 11.3 Å². The Labute approximate surface area is 374 Å². The summed E-state index contributed by atoms with van der Waals surface area (Å²) in [6, 6.07) is 7.40. The van der Waals surface area contributed by atoms with E-state index in [-0.39, 0.29) is 30.8 Å². The predicted molar refractivity (Wildman–Crippen MR) is 240 cm³/mol. The topological polar surface area (TPSA) is 171 Å². The zero-order valence-electron chi connectivity index (χ0n) is 40.0. The van der Waals surface area contributed by atoms with E-state index in [9.17, 15) is 24.3 Å². The highest BCUT2D eigenvalue weighted by Crippen LogP contribution is 2.43. The van der Waals surface area contributed by atoms with Gasteiger partial charge in [0, 0.05) is 67.5 Å². The van der Waals surface area contributed by atoms with Crippen LogP contribution < -0.4 is 5.32 Å². The lowest BCUT2D eigenvalue weighted by Gasteiger charge is -2.47. The average molecular weight is 882 g/mol. The highest BCUT2D eigenvalue weighted by atomic mass is 16.7. The number of likely N-dealkylation sites (N-methyl/N-ethyl adjacent to an activating group) is 1. The quantitative estimate of drug-likeness (QED) is 0.116. The van der Waals surface area contributed by atoms with Crippen LogP contribution >= 0.6 is 0 Å². The lowest BCUT2D eigenvalue weighted by Crippen LogP contribution is -2.60. The second-order valence-electron chi connectivity index (χ2n) is 19.1. The largest absolute Gasteiger partial charge is 0.458 e. The first-order valence-corrected chi connectivity index (χ1v) is 23.1. The van der Waals surface area contributed by atoms with E-state index < -0.39 is 83.4 Å². The standard InChI is InChI=1S/C48H75N5O10/c1-14-38-48(11)42(53(46(58)63-48)22-17-16-21-52-26-36(49-27-52)34-19-18-20-35(24-34)50-28(3)4)31(7)39(54)29(5)25-47(10,59-13)43(32(8)40(55)33(9)44(57)61-38)62-45-41(56)37(51(12)15-2)23-30(6)60-45/h18-20,24,26-33,37-38,41-43,45,50,56H,14-17,21-23,25H2,1-13H3/t29-,30-,31+,32+,33-,37+,38-,41-,42+,43-,45+,47-,48-/m1/s1. The highest BCUT2D eigenvalue weighted by molar-refractivity contribution is 6.00. The van der Waals surface area contributed by atoms with Gasteiger partial charge in [0.15, 0.2) is 17.7 Å². The minimum Gasteiger partial charge on any atom is -0.458 e. The van der Waals surface area contributed by atoms with Crippen molar-refractivity contribution in [3.05, 3.63) is 36.8 Å². The Morgan fingerprint density at radius 1 is 1.02 bits per heavy atom. The summed E-state index contributed by atoms with van der Waals surface area (Å²) in [5.41, 5.74) is 0.216. The van der Waals surface area contributed by atoms with E-state index in [1.165, 1.54) is 14.0 Å². The molecule has 13 atom stereocenters. The molecule has 15 heteroatoms. The van der Waals surface area contributed by atoms with Crippen LogP contribution in [0.3, 0.4) is 0 Å². The molecule has 5 rings (SSSR count). The maximum Gasteiger partial charge on any atom is 0.410 e. The van der Waals surface area contributed by atoms with Crippen molar-refractivity contribution in [3.63, 3.8) is 0 Å². The summed E-state index contributed by atoms with van der Waals surface area (Å²) in [6.07, 6.45) is 1.08. The Hall–Kier alpha value is -3.89. The van der Waals surface area contributed by atoms with E-state index in [1.54, 1.807) is 32.6 Å². The fourth-order valence-corrected chi connectivity index (χ4v) is 10.2. The van der Waals surface area contributed by atoms with Crippen LogP contribution in [-0.4, -0.2) is 135 Å². The number of anilines is 1. The number of amides is 1. The van der Waals surface area contributed by atoms with Crippen molar-refractivity contribution < 1.29 is 48.0 Å². The number of aryl methyl sites for hydroxylation is 1. The lowest BCUT2D eigenvalue weighted by molar-refractivity contribution is -0.296. The van der Waals surface area contributed by atoms with Gasteiger partial charge in [-0.25, -0.2) is 9.78 Å². The number of carbonyl (C=O) groups excluding carboxylic acids is 4. The molecule has 63 heavy (non-hydrogen) atoms. The third-order valence-corrected chi connectivity index (χ3v) is 13.9. The number of aliphatic hydroxyl groups excluding tert-OH is 1. The average Bonchev–Trinajstić information content (AvgIpc) is 3.83. The van der Waals surface area contributed by atoms with Crippen molar-refractivity contribution in [2.75, 3.05) is 32.6 Å².